The summed E-state index contributed by atoms with van der Waals surface area (Å²) in [7, 11) is 3.17. The standard InChI is InChI=1S/C17H17Cl2NO3/c1-22-14-5-11(6-15(9-14)23-2)10-20-17(21)7-12-3-4-13(18)8-16(12)19/h3-6,8-9H,7,10H2,1-2H3,(H,20,21). The van der Waals surface area contributed by atoms with Crippen LogP contribution in [0.15, 0.2) is 36.4 Å². The van der Waals surface area contributed by atoms with Crippen LogP contribution in [0.2, 0.25) is 10.0 Å². The zero-order chi connectivity index (χ0) is 16.8. The zero-order valence-corrected chi connectivity index (χ0v) is 14.4. The maximum absolute atomic E-state index is 12.1. The first-order chi connectivity index (χ1) is 11.0. The second-order valence-electron chi connectivity index (χ2n) is 4.91. The van der Waals surface area contributed by atoms with Crippen molar-refractivity contribution in [2.24, 2.45) is 0 Å². The summed E-state index contributed by atoms with van der Waals surface area (Å²) in [5.74, 6) is 1.22. The van der Waals surface area contributed by atoms with Crippen LogP contribution in [0.3, 0.4) is 0 Å². The monoisotopic (exact) mass is 353 g/mol. The van der Waals surface area contributed by atoms with Gasteiger partial charge in [0, 0.05) is 22.7 Å². The summed E-state index contributed by atoms with van der Waals surface area (Å²) in [5, 5.41) is 3.88. The molecular formula is C17H17Cl2NO3. The summed E-state index contributed by atoms with van der Waals surface area (Å²) in [4.78, 5) is 12.1. The average Bonchev–Trinajstić information content (AvgIpc) is 2.55. The van der Waals surface area contributed by atoms with Crippen LogP contribution in [0.25, 0.3) is 0 Å². The molecule has 23 heavy (non-hydrogen) atoms. The van der Waals surface area contributed by atoms with Gasteiger partial charge in [0.25, 0.3) is 0 Å². The Morgan fingerprint density at radius 2 is 1.70 bits per heavy atom. The number of carbonyl (C=O) groups excluding carboxylic acids is 1. The molecule has 0 spiro atoms. The van der Waals surface area contributed by atoms with Crippen molar-refractivity contribution in [1.29, 1.82) is 0 Å². The first-order valence-corrected chi connectivity index (χ1v) is 7.70. The molecule has 0 fully saturated rings. The Morgan fingerprint density at radius 1 is 1.04 bits per heavy atom. The van der Waals surface area contributed by atoms with Gasteiger partial charge in [0.1, 0.15) is 11.5 Å². The number of hydrogen-bond donors (Lipinski definition) is 1. The molecule has 1 amide bonds. The number of benzene rings is 2. The quantitative estimate of drug-likeness (QED) is 0.857. The number of methoxy groups -OCH3 is 2. The smallest absolute Gasteiger partial charge is 0.224 e. The van der Waals surface area contributed by atoms with Gasteiger partial charge in [-0.15, -0.1) is 0 Å². The molecular weight excluding hydrogens is 337 g/mol. The molecule has 2 rings (SSSR count). The summed E-state index contributed by atoms with van der Waals surface area (Å²) in [6, 6.07) is 10.6. The number of rotatable bonds is 6. The van der Waals surface area contributed by atoms with E-state index in [0.29, 0.717) is 28.1 Å². The van der Waals surface area contributed by atoms with Gasteiger partial charge in [0.15, 0.2) is 0 Å². The Kier molecular flexibility index (Phi) is 6.13. The molecule has 6 heteroatoms. The molecule has 2 aromatic rings. The van der Waals surface area contributed by atoms with Crippen molar-refractivity contribution in [1.82, 2.24) is 5.32 Å². The molecule has 0 radical (unpaired) electrons. The lowest BCUT2D eigenvalue weighted by Crippen LogP contribution is -2.24. The highest BCUT2D eigenvalue weighted by atomic mass is 35.5. The lowest BCUT2D eigenvalue weighted by Gasteiger charge is -2.10. The second-order valence-corrected chi connectivity index (χ2v) is 5.75. The van der Waals surface area contributed by atoms with Gasteiger partial charge in [0.05, 0.1) is 20.6 Å². The highest BCUT2D eigenvalue weighted by Crippen LogP contribution is 2.23. The first-order valence-electron chi connectivity index (χ1n) is 6.94. The van der Waals surface area contributed by atoms with E-state index in [1.54, 1.807) is 38.5 Å². The zero-order valence-electron chi connectivity index (χ0n) is 12.9. The predicted molar refractivity (Wildman–Crippen MR) is 91.6 cm³/mol. The summed E-state index contributed by atoms with van der Waals surface area (Å²) in [6.07, 6.45) is 0.192. The van der Waals surface area contributed by atoms with Crippen LogP contribution in [0.5, 0.6) is 11.5 Å². The van der Waals surface area contributed by atoms with E-state index in [4.69, 9.17) is 32.7 Å². The molecule has 0 saturated carbocycles. The van der Waals surface area contributed by atoms with Crippen LogP contribution in [0, 0.1) is 0 Å². The third kappa shape index (κ3) is 5.05. The Balaban J connectivity index is 1.99. The number of carbonyl (C=O) groups is 1. The molecule has 0 bridgehead atoms. The molecule has 0 saturated heterocycles. The van der Waals surface area contributed by atoms with Crippen molar-refractivity contribution < 1.29 is 14.3 Å². The van der Waals surface area contributed by atoms with Crippen LogP contribution < -0.4 is 14.8 Å². The Bertz CT molecular complexity index is 682. The van der Waals surface area contributed by atoms with Crippen molar-refractivity contribution in [3.05, 3.63) is 57.6 Å². The Labute approximate surface area is 145 Å². The summed E-state index contributed by atoms with van der Waals surface area (Å²) >= 11 is 11.9. The molecule has 0 aliphatic rings. The van der Waals surface area contributed by atoms with E-state index < -0.39 is 0 Å². The van der Waals surface area contributed by atoms with Gasteiger partial charge < -0.3 is 14.8 Å². The minimum atomic E-state index is -0.129. The van der Waals surface area contributed by atoms with Gasteiger partial charge >= 0.3 is 0 Å². The fourth-order valence-corrected chi connectivity index (χ4v) is 2.54. The SMILES string of the molecule is COc1cc(CNC(=O)Cc2ccc(Cl)cc2Cl)cc(OC)c1. The van der Waals surface area contributed by atoms with E-state index in [1.807, 2.05) is 12.1 Å². The third-order valence-electron chi connectivity index (χ3n) is 3.27. The second kappa shape index (κ2) is 8.09. The normalized spacial score (nSPS) is 10.3. The third-order valence-corrected chi connectivity index (χ3v) is 3.85. The van der Waals surface area contributed by atoms with E-state index in [-0.39, 0.29) is 12.3 Å². The van der Waals surface area contributed by atoms with Crippen molar-refractivity contribution in [3.63, 3.8) is 0 Å². The summed E-state index contributed by atoms with van der Waals surface area (Å²) in [6.45, 7) is 0.373. The number of hydrogen-bond acceptors (Lipinski definition) is 3. The first kappa shape index (κ1) is 17.4. The fourth-order valence-electron chi connectivity index (χ4n) is 2.07. The van der Waals surface area contributed by atoms with Crippen molar-refractivity contribution in [2.75, 3.05) is 14.2 Å². The van der Waals surface area contributed by atoms with E-state index in [1.165, 1.54) is 0 Å². The van der Waals surface area contributed by atoms with Crippen LogP contribution in [-0.2, 0) is 17.8 Å². The van der Waals surface area contributed by atoms with Crippen LogP contribution >= 0.6 is 23.2 Å². The summed E-state index contributed by atoms with van der Waals surface area (Å²) < 4.78 is 10.4. The largest absolute Gasteiger partial charge is 0.497 e. The van der Waals surface area contributed by atoms with Gasteiger partial charge in [-0.2, -0.15) is 0 Å². The Hall–Kier alpha value is -1.91. The molecule has 0 aliphatic carbocycles. The van der Waals surface area contributed by atoms with Crippen LogP contribution in [0.1, 0.15) is 11.1 Å². The van der Waals surface area contributed by atoms with Gasteiger partial charge in [-0.3, -0.25) is 4.79 Å². The highest BCUT2D eigenvalue weighted by Gasteiger charge is 2.08. The van der Waals surface area contributed by atoms with Crippen LogP contribution in [0.4, 0.5) is 0 Å². The molecule has 122 valence electrons. The molecule has 0 aliphatic heterocycles. The predicted octanol–water partition coefficient (Wildman–Crippen LogP) is 3.87. The minimum Gasteiger partial charge on any atom is -0.497 e. The topological polar surface area (TPSA) is 47.6 Å². The number of nitrogens with one attached hydrogen (secondary N) is 1. The van der Waals surface area contributed by atoms with Crippen LogP contribution in [-0.4, -0.2) is 20.1 Å². The van der Waals surface area contributed by atoms with E-state index >= 15 is 0 Å². The molecule has 1 N–H and O–H groups in total. The summed E-state index contributed by atoms with van der Waals surface area (Å²) in [5.41, 5.74) is 1.62. The van der Waals surface area contributed by atoms with Crippen molar-refractivity contribution in [3.8, 4) is 11.5 Å². The number of amides is 1. The highest BCUT2D eigenvalue weighted by molar-refractivity contribution is 6.35. The maximum atomic E-state index is 12.1. The number of ether oxygens (including phenoxy) is 2. The maximum Gasteiger partial charge on any atom is 0.224 e. The van der Waals surface area contributed by atoms with Gasteiger partial charge in [-0.1, -0.05) is 29.3 Å². The molecule has 0 heterocycles. The van der Waals surface area contributed by atoms with Crippen molar-refractivity contribution in [2.45, 2.75) is 13.0 Å². The molecule has 0 unspecified atom stereocenters. The lowest BCUT2D eigenvalue weighted by atomic mass is 10.1. The van der Waals surface area contributed by atoms with E-state index in [9.17, 15) is 4.79 Å². The lowest BCUT2D eigenvalue weighted by molar-refractivity contribution is -0.120. The van der Waals surface area contributed by atoms with Crippen molar-refractivity contribution >= 4 is 29.1 Å². The van der Waals surface area contributed by atoms with Gasteiger partial charge in [-0.25, -0.2) is 0 Å². The molecule has 0 aromatic heterocycles. The van der Waals surface area contributed by atoms with E-state index in [2.05, 4.69) is 5.32 Å². The number of halogens is 2. The molecule has 0 atom stereocenters. The Morgan fingerprint density at radius 3 is 2.26 bits per heavy atom. The van der Waals surface area contributed by atoms with Gasteiger partial charge in [0.2, 0.25) is 5.91 Å². The molecule has 2 aromatic carbocycles. The minimum absolute atomic E-state index is 0.129. The molecule has 4 nitrogen and oxygen atoms in total. The fraction of sp³-hybridized carbons (Fsp3) is 0.235. The van der Waals surface area contributed by atoms with E-state index in [0.717, 1.165) is 11.1 Å². The van der Waals surface area contributed by atoms with Gasteiger partial charge in [-0.05, 0) is 35.4 Å². The average molecular weight is 354 g/mol.